The van der Waals surface area contributed by atoms with Crippen LogP contribution in [-0.2, 0) is 4.79 Å². The molecule has 110 valence electrons. The number of phenols is 1. The molecule has 2 aromatic carbocycles. The van der Waals surface area contributed by atoms with Crippen LogP contribution in [-0.4, -0.2) is 15.3 Å². The number of halogens is 1. The van der Waals surface area contributed by atoms with E-state index in [-0.39, 0.29) is 11.7 Å². The van der Waals surface area contributed by atoms with Crippen molar-refractivity contribution in [2.24, 2.45) is 0 Å². The number of nitrogens with zero attached hydrogens (tertiary/aromatic N) is 1. The molecule has 0 bridgehead atoms. The van der Waals surface area contributed by atoms with Crippen LogP contribution in [0.5, 0.6) is 5.75 Å². The molecule has 1 aliphatic rings. The van der Waals surface area contributed by atoms with Gasteiger partial charge in [-0.2, -0.15) is 0 Å². The molecule has 0 aliphatic carbocycles. The number of aromatic hydroxyl groups is 1. The van der Waals surface area contributed by atoms with Gasteiger partial charge in [0.05, 0.1) is 14.2 Å². The molecule has 6 heteroatoms. The maximum absolute atomic E-state index is 12.6. The Bertz CT molecular complexity index is 790. The lowest BCUT2D eigenvalue weighted by atomic mass is 10.2. The number of thioether (sulfide) groups is 1. The van der Waals surface area contributed by atoms with Crippen LogP contribution in [0.2, 0.25) is 0 Å². The predicted molar refractivity (Wildman–Crippen MR) is 103 cm³/mol. The van der Waals surface area contributed by atoms with Gasteiger partial charge in [0.25, 0.3) is 5.91 Å². The predicted octanol–water partition coefficient (Wildman–Crippen LogP) is 4.40. The first-order valence-corrected chi connectivity index (χ1v) is 8.68. The molecule has 0 aromatic heterocycles. The Morgan fingerprint density at radius 2 is 1.91 bits per heavy atom. The fraction of sp³-hybridized carbons (Fsp3) is 0. The SMILES string of the molecule is O=C1/C(=C\c2ccc(O)c(I)c2)SC(=S)N1c1ccccc1. The number of amides is 1. The molecule has 0 spiro atoms. The third-order valence-corrected chi connectivity index (χ3v) is 5.24. The molecule has 1 aliphatic heterocycles. The van der Waals surface area contributed by atoms with E-state index in [1.54, 1.807) is 18.2 Å². The van der Waals surface area contributed by atoms with Crippen molar-refractivity contribution in [1.82, 2.24) is 0 Å². The van der Waals surface area contributed by atoms with E-state index >= 15 is 0 Å². The summed E-state index contributed by atoms with van der Waals surface area (Å²) in [5.74, 6) is 0.110. The van der Waals surface area contributed by atoms with Crippen molar-refractivity contribution in [2.45, 2.75) is 0 Å². The van der Waals surface area contributed by atoms with E-state index in [2.05, 4.69) is 22.6 Å². The number of thiocarbonyl (C=S) groups is 1. The molecule has 0 radical (unpaired) electrons. The van der Waals surface area contributed by atoms with Gasteiger partial charge in [-0.25, -0.2) is 0 Å². The lowest BCUT2D eigenvalue weighted by Gasteiger charge is -2.13. The minimum atomic E-state index is -0.121. The van der Waals surface area contributed by atoms with E-state index in [0.29, 0.717) is 9.23 Å². The Hall–Kier alpha value is -1.38. The number of hydrogen-bond donors (Lipinski definition) is 1. The highest BCUT2D eigenvalue weighted by molar-refractivity contribution is 14.1. The zero-order chi connectivity index (χ0) is 15.7. The maximum Gasteiger partial charge on any atom is 0.270 e. The Labute approximate surface area is 151 Å². The summed E-state index contributed by atoms with van der Waals surface area (Å²) in [5.41, 5.74) is 1.63. The lowest BCUT2D eigenvalue weighted by Crippen LogP contribution is -2.27. The highest BCUT2D eigenvalue weighted by Gasteiger charge is 2.33. The largest absolute Gasteiger partial charge is 0.507 e. The minimum absolute atomic E-state index is 0.121. The molecule has 3 nitrogen and oxygen atoms in total. The fourth-order valence-corrected chi connectivity index (χ4v) is 3.87. The Balaban J connectivity index is 1.93. The molecule has 3 rings (SSSR count). The molecule has 1 saturated heterocycles. The van der Waals surface area contributed by atoms with Gasteiger partial charge in [0, 0.05) is 0 Å². The molecule has 0 atom stereocenters. The van der Waals surface area contributed by atoms with E-state index in [1.165, 1.54) is 16.7 Å². The van der Waals surface area contributed by atoms with Crippen molar-refractivity contribution in [3.05, 3.63) is 62.6 Å². The third-order valence-electron chi connectivity index (χ3n) is 3.08. The van der Waals surface area contributed by atoms with Gasteiger partial charge in [0.1, 0.15) is 5.75 Å². The van der Waals surface area contributed by atoms with Gasteiger partial charge in [-0.05, 0) is 58.5 Å². The molecular weight excluding hydrogens is 429 g/mol. The summed E-state index contributed by atoms with van der Waals surface area (Å²) in [6, 6.07) is 14.6. The number of rotatable bonds is 2. The molecule has 1 amide bonds. The van der Waals surface area contributed by atoms with Crippen molar-refractivity contribution in [1.29, 1.82) is 0 Å². The lowest BCUT2D eigenvalue weighted by molar-refractivity contribution is -0.113. The first-order chi connectivity index (χ1) is 10.6. The normalized spacial score (nSPS) is 16.6. The number of phenolic OH excluding ortho intramolecular Hbond substituents is 1. The van der Waals surface area contributed by atoms with E-state index < -0.39 is 0 Å². The summed E-state index contributed by atoms with van der Waals surface area (Å²) in [7, 11) is 0. The van der Waals surface area contributed by atoms with Gasteiger partial charge in [0.15, 0.2) is 4.32 Å². The van der Waals surface area contributed by atoms with Crippen LogP contribution >= 0.6 is 46.6 Å². The van der Waals surface area contributed by atoms with E-state index in [1.807, 2.05) is 36.4 Å². The van der Waals surface area contributed by atoms with E-state index in [4.69, 9.17) is 12.2 Å². The van der Waals surface area contributed by atoms with E-state index in [0.717, 1.165) is 14.8 Å². The number of anilines is 1. The number of carbonyl (C=O) groups is 1. The standard InChI is InChI=1S/C16H10INO2S2/c17-12-8-10(6-7-13(12)19)9-14-15(20)18(16(21)22-14)11-4-2-1-3-5-11/h1-9,19H/b14-9+. The molecule has 2 aromatic rings. The van der Waals surface area contributed by atoms with Gasteiger partial charge in [-0.1, -0.05) is 48.2 Å². The van der Waals surface area contributed by atoms with Gasteiger partial charge in [-0.15, -0.1) is 0 Å². The van der Waals surface area contributed by atoms with Crippen LogP contribution in [0, 0.1) is 3.57 Å². The first-order valence-electron chi connectivity index (χ1n) is 6.38. The molecule has 1 fully saturated rings. The van der Waals surface area contributed by atoms with Gasteiger partial charge in [-0.3, -0.25) is 9.69 Å². The van der Waals surface area contributed by atoms with Crippen molar-refractivity contribution in [3.63, 3.8) is 0 Å². The molecular formula is C16H10INO2S2. The number of para-hydroxylation sites is 1. The van der Waals surface area contributed by atoms with Crippen LogP contribution in [0.3, 0.4) is 0 Å². The smallest absolute Gasteiger partial charge is 0.270 e. The topological polar surface area (TPSA) is 40.5 Å². The van der Waals surface area contributed by atoms with Crippen molar-refractivity contribution in [2.75, 3.05) is 4.90 Å². The monoisotopic (exact) mass is 439 g/mol. The number of benzene rings is 2. The summed E-state index contributed by atoms with van der Waals surface area (Å²) < 4.78 is 1.26. The quantitative estimate of drug-likeness (QED) is 0.428. The average Bonchev–Trinajstić information content (AvgIpc) is 2.78. The van der Waals surface area contributed by atoms with Crippen LogP contribution in [0.15, 0.2) is 53.4 Å². The number of carbonyl (C=O) groups excluding carboxylic acids is 1. The van der Waals surface area contributed by atoms with Crippen LogP contribution in [0.25, 0.3) is 6.08 Å². The molecule has 0 unspecified atom stereocenters. The van der Waals surface area contributed by atoms with Gasteiger partial charge < -0.3 is 5.11 Å². The van der Waals surface area contributed by atoms with Crippen LogP contribution in [0.1, 0.15) is 5.56 Å². The van der Waals surface area contributed by atoms with E-state index in [9.17, 15) is 9.90 Å². The van der Waals surface area contributed by atoms with Crippen molar-refractivity contribution in [3.8, 4) is 5.75 Å². The molecule has 22 heavy (non-hydrogen) atoms. The maximum atomic E-state index is 12.6. The second-order valence-electron chi connectivity index (χ2n) is 4.56. The van der Waals surface area contributed by atoms with Crippen molar-refractivity contribution < 1.29 is 9.90 Å². The van der Waals surface area contributed by atoms with Crippen LogP contribution in [0.4, 0.5) is 5.69 Å². The molecule has 1 heterocycles. The van der Waals surface area contributed by atoms with Gasteiger partial charge >= 0.3 is 0 Å². The highest BCUT2D eigenvalue weighted by Crippen LogP contribution is 2.36. The van der Waals surface area contributed by atoms with Crippen LogP contribution < -0.4 is 4.90 Å². The van der Waals surface area contributed by atoms with Gasteiger partial charge in [0.2, 0.25) is 0 Å². The molecule has 0 saturated carbocycles. The second kappa shape index (κ2) is 6.39. The van der Waals surface area contributed by atoms with Crippen molar-refractivity contribution >= 4 is 68.6 Å². The summed E-state index contributed by atoms with van der Waals surface area (Å²) in [5, 5.41) is 9.56. The Kier molecular flexibility index (Phi) is 4.51. The first kappa shape index (κ1) is 15.5. The Morgan fingerprint density at radius 3 is 2.59 bits per heavy atom. The zero-order valence-electron chi connectivity index (χ0n) is 11.2. The summed E-state index contributed by atoms with van der Waals surface area (Å²) in [6.07, 6.45) is 1.80. The summed E-state index contributed by atoms with van der Waals surface area (Å²) in [4.78, 5) is 14.7. The summed E-state index contributed by atoms with van der Waals surface area (Å²) in [6.45, 7) is 0. The highest BCUT2D eigenvalue weighted by atomic mass is 127. The third kappa shape index (κ3) is 3.04. The Morgan fingerprint density at radius 1 is 1.18 bits per heavy atom. The average molecular weight is 439 g/mol. The fourth-order valence-electron chi connectivity index (χ4n) is 2.03. The zero-order valence-corrected chi connectivity index (χ0v) is 15.0. The minimum Gasteiger partial charge on any atom is -0.507 e. The molecule has 1 N–H and O–H groups in total. The number of hydrogen-bond acceptors (Lipinski definition) is 4. The second-order valence-corrected chi connectivity index (χ2v) is 7.40. The summed E-state index contributed by atoms with van der Waals surface area (Å²) >= 11 is 8.66.